The molecule has 0 aliphatic heterocycles. The van der Waals surface area contributed by atoms with Crippen LogP contribution in [0.1, 0.15) is 24.5 Å². The van der Waals surface area contributed by atoms with E-state index in [0.29, 0.717) is 6.54 Å². The van der Waals surface area contributed by atoms with Gasteiger partial charge in [0.1, 0.15) is 5.70 Å². The molecule has 0 atom stereocenters. The van der Waals surface area contributed by atoms with Crippen molar-refractivity contribution >= 4 is 34.9 Å². The summed E-state index contributed by atoms with van der Waals surface area (Å²) in [7, 11) is 0. The van der Waals surface area contributed by atoms with Crippen LogP contribution in [-0.4, -0.2) is 23.3 Å². The average Bonchev–Trinajstić information content (AvgIpc) is 3.13. The van der Waals surface area contributed by atoms with E-state index in [4.69, 9.17) is 0 Å². The fraction of sp³-hybridized carbons (Fsp3) is 0.130. The van der Waals surface area contributed by atoms with Crippen LogP contribution >= 0.6 is 0 Å². The van der Waals surface area contributed by atoms with Crippen LogP contribution in [0.5, 0.6) is 0 Å². The monoisotopic (exact) mass is 373 g/mol. The van der Waals surface area contributed by atoms with Crippen molar-refractivity contribution in [2.75, 3.05) is 6.54 Å². The number of para-hydroxylation sites is 1. The number of carbonyl (C=O) groups is 2. The summed E-state index contributed by atoms with van der Waals surface area (Å²) < 4.78 is 0. The summed E-state index contributed by atoms with van der Waals surface area (Å²) in [5, 5.41) is 6.51. The summed E-state index contributed by atoms with van der Waals surface area (Å²) >= 11 is 0. The first-order valence-electron chi connectivity index (χ1n) is 9.27. The number of nitrogens with one attached hydrogen (secondary N) is 3. The molecule has 0 aliphatic rings. The Kier molecular flexibility index (Phi) is 6.41. The maximum Gasteiger partial charge on any atom is 0.267 e. The summed E-state index contributed by atoms with van der Waals surface area (Å²) in [6, 6.07) is 17.3. The summed E-state index contributed by atoms with van der Waals surface area (Å²) in [4.78, 5) is 28.1. The third kappa shape index (κ3) is 4.98. The van der Waals surface area contributed by atoms with E-state index < -0.39 is 0 Å². The molecule has 1 heterocycles. The van der Waals surface area contributed by atoms with E-state index >= 15 is 0 Å². The number of rotatable bonds is 7. The fourth-order valence-electron chi connectivity index (χ4n) is 2.77. The average molecular weight is 373 g/mol. The Bertz CT molecular complexity index is 1020. The van der Waals surface area contributed by atoms with Crippen molar-refractivity contribution in [3.05, 3.63) is 83.7 Å². The minimum Gasteiger partial charge on any atom is -0.361 e. The molecule has 3 rings (SSSR count). The van der Waals surface area contributed by atoms with Crippen molar-refractivity contribution in [3.63, 3.8) is 0 Å². The van der Waals surface area contributed by atoms with Gasteiger partial charge < -0.3 is 15.6 Å². The van der Waals surface area contributed by atoms with Crippen LogP contribution in [0.15, 0.2) is 72.6 Å². The van der Waals surface area contributed by atoms with E-state index in [1.807, 2.05) is 67.7 Å². The molecule has 0 fully saturated rings. The lowest BCUT2D eigenvalue weighted by atomic mass is 10.1. The molecule has 0 saturated heterocycles. The second kappa shape index (κ2) is 9.37. The molecular formula is C23H23N3O2. The SMILES string of the molecule is CCCNC(=O)/C(=C/c1c[nH]c2ccccc12)NC(=O)C=Cc1ccccc1. The lowest BCUT2D eigenvalue weighted by Crippen LogP contribution is -2.34. The third-order valence-electron chi connectivity index (χ3n) is 4.19. The Morgan fingerprint density at radius 2 is 1.79 bits per heavy atom. The number of aromatic nitrogens is 1. The molecule has 28 heavy (non-hydrogen) atoms. The highest BCUT2D eigenvalue weighted by atomic mass is 16.2. The highest BCUT2D eigenvalue weighted by molar-refractivity contribution is 6.05. The van der Waals surface area contributed by atoms with Crippen molar-refractivity contribution in [1.29, 1.82) is 0 Å². The van der Waals surface area contributed by atoms with Crippen molar-refractivity contribution < 1.29 is 9.59 Å². The van der Waals surface area contributed by atoms with E-state index in [-0.39, 0.29) is 17.5 Å². The highest BCUT2D eigenvalue weighted by Gasteiger charge is 2.12. The van der Waals surface area contributed by atoms with Crippen molar-refractivity contribution in [3.8, 4) is 0 Å². The van der Waals surface area contributed by atoms with Gasteiger partial charge in [-0.1, -0.05) is 55.5 Å². The molecule has 0 spiro atoms. The van der Waals surface area contributed by atoms with E-state index in [1.165, 1.54) is 6.08 Å². The molecule has 0 unspecified atom stereocenters. The van der Waals surface area contributed by atoms with Crippen LogP contribution in [0.2, 0.25) is 0 Å². The zero-order valence-corrected chi connectivity index (χ0v) is 15.7. The molecule has 0 bridgehead atoms. The number of hydrogen-bond donors (Lipinski definition) is 3. The van der Waals surface area contributed by atoms with Gasteiger partial charge in [-0.25, -0.2) is 0 Å². The first-order chi connectivity index (χ1) is 13.7. The molecule has 5 heteroatoms. The first kappa shape index (κ1) is 19.2. The number of fused-ring (bicyclic) bond motifs is 1. The van der Waals surface area contributed by atoms with Crippen molar-refractivity contribution in [2.45, 2.75) is 13.3 Å². The van der Waals surface area contributed by atoms with Crippen LogP contribution in [-0.2, 0) is 9.59 Å². The smallest absolute Gasteiger partial charge is 0.267 e. The van der Waals surface area contributed by atoms with Crippen LogP contribution < -0.4 is 10.6 Å². The zero-order valence-electron chi connectivity index (χ0n) is 15.7. The minimum atomic E-state index is -0.360. The predicted octanol–water partition coefficient (Wildman–Crippen LogP) is 3.86. The minimum absolute atomic E-state index is 0.209. The number of carbonyl (C=O) groups excluding carboxylic acids is 2. The molecule has 0 radical (unpaired) electrons. The van der Waals surface area contributed by atoms with Crippen molar-refractivity contribution in [2.24, 2.45) is 0 Å². The molecule has 0 saturated carbocycles. The quantitative estimate of drug-likeness (QED) is 0.550. The Hall–Kier alpha value is -3.60. The van der Waals surface area contributed by atoms with Crippen LogP contribution in [0.3, 0.4) is 0 Å². The van der Waals surface area contributed by atoms with Crippen LogP contribution in [0.25, 0.3) is 23.1 Å². The van der Waals surface area contributed by atoms with Gasteiger partial charge in [-0.2, -0.15) is 0 Å². The van der Waals surface area contributed by atoms with Gasteiger partial charge in [-0.05, 0) is 30.2 Å². The maximum atomic E-state index is 12.5. The zero-order chi connectivity index (χ0) is 19.8. The summed E-state index contributed by atoms with van der Waals surface area (Å²) in [6.07, 6.45) is 7.46. The molecular weight excluding hydrogens is 350 g/mol. The van der Waals surface area contributed by atoms with Crippen molar-refractivity contribution in [1.82, 2.24) is 15.6 Å². The number of H-pyrrole nitrogens is 1. The van der Waals surface area contributed by atoms with Gasteiger partial charge in [0.15, 0.2) is 0 Å². The van der Waals surface area contributed by atoms with Gasteiger partial charge in [-0.3, -0.25) is 9.59 Å². The number of amides is 2. The Morgan fingerprint density at radius 1 is 1.04 bits per heavy atom. The van der Waals surface area contributed by atoms with E-state index in [0.717, 1.165) is 28.5 Å². The molecule has 2 amide bonds. The molecule has 1 aromatic heterocycles. The van der Waals surface area contributed by atoms with Gasteiger partial charge in [0.25, 0.3) is 5.91 Å². The van der Waals surface area contributed by atoms with Crippen LogP contribution in [0.4, 0.5) is 0 Å². The van der Waals surface area contributed by atoms with E-state index in [1.54, 1.807) is 12.2 Å². The van der Waals surface area contributed by atoms with Gasteiger partial charge in [0.2, 0.25) is 5.91 Å². The summed E-state index contributed by atoms with van der Waals surface area (Å²) in [5.74, 6) is -0.671. The topological polar surface area (TPSA) is 74.0 Å². The second-order valence-corrected chi connectivity index (χ2v) is 6.34. The molecule has 3 N–H and O–H groups in total. The molecule has 3 aromatic rings. The van der Waals surface area contributed by atoms with Gasteiger partial charge in [-0.15, -0.1) is 0 Å². The summed E-state index contributed by atoms with van der Waals surface area (Å²) in [5.41, 5.74) is 2.93. The van der Waals surface area contributed by atoms with Gasteiger partial charge in [0.05, 0.1) is 0 Å². The maximum absolute atomic E-state index is 12.5. The predicted molar refractivity (Wildman–Crippen MR) is 113 cm³/mol. The molecule has 5 nitrogen and oxygen atoms in total. The molecule has 2 aromatic carbocycles. The number of benzene rings is 2. The van der Waals surface area contributed by atoms with Crippen LogP contribution in [0, 0.1) is 0 Å². The second-order valence-electron chi connectivity index (χ2n) is 6.34. The Morgan fingerprint density at radius 3 is 2.57 bits per heavy atom. The van der Waals surface area contributed by atoms with Gasteiger partial charge >= 0.3 is 0 Å². The molecule has 0 aliphatic carbocycles. The van der Waals surface area contributed by atoms with E-state index in [9.17, 15) is 9.59 Å². The largest absolute Gasteiger partial charge is 0.361 e. The lowest BCUT2D eigenvalue weighted by Gasteiger charge is -2.09. The highest BCUT2D eigenvalue weighted by Crippen LogP contribution is 2.20. The first-order valence-corrected chi connectivity index (χ1v) is 9.27. The Balaban J connectivity index is 1.83. The number of hydrogen-bond acceptors (Lipinski definition) is 2. The van der Waals surface area contributed by atoms with E-state index in [2.05, 4.69) is 15.6 Å². The van der Waals surface area contributed by atoms with Gasteiger partial charge in [0, 0.05) is 35.3 Å². The number of aromatic amines is 1. The lowest BCUT2D eigenvalue weighted by molar-refractivity contribution is -0.121. The third-order valence-corrected chi connectivity index (χ3v) is 4.19. The standard InChI is InChI=1S/C23H23N3O2/c1-2-14-24-23(28)21(15-18-16-25-20-11-7-6-10-19(18)20)26-22(27)13-12-17-8-4-3-5-9-17/h3-13,15-16,25H,2,14H2,1H3,(H,24,28)(H,26,27)/b13-12?,21-15-. The normalized spacial score (nSPS) is 11.7. The molecule has 142 valence electrons. The summed E-state index contributed by atoms with van der Waals surface area (Å²) in [6.45, 7) is 2.52. The Labute approximate surface area is 164 Å². The fourth-order valence-corrected chi connectivity index (χ4v) is 2.77.